The molecule has 29 heavy (non-hydrogen) atoms. The number of nitrogens with one attached hydrogen (secondary N) is 2. The summed E-state index contributed by atoms with van der Waals surface area (Å²) in [7, 11) is 0. The molecule has 148 valence electrons. The van der Waals surface area contributed by atoms with E-state index in [9.17, 15) is 14.4 Å². The number of carbonyl (C=O) groups is 3. The molecule has 1 spiro atoms. The zero-order valence-corrected chi connectivity index (χ0v) is 17.1. The SMILES string of the molecule is Cc1ccc([C@H]2CC(=O)[C@H](C)[C@@H](c3ccccc3)C23C(=O)NC(=S)NC3=O)cc1. The van der Waals surface area contributed by atoms with E-state index in [1.807, 2.05) is 61.5 Å². The molecule has 2 aromatic carbocycles. The smallest absolute Gasteiger partial charge is 0.243 e. The van der Waals surface area contributed by atoms with E-state index >= 15 is 0 Å². The van der Waals surface area contributed by atoms with Crippen molar-refractivity contribution in [2.45, 2.75) is 32.1 Å². The van der Waals surface area contributed by atoms with Crippen LogP contribution in [0.15, 0.2) is 54.6 Å². The van der Waals surface area contributed by atoms with Crippen molar-refractivity contribution in [2.24, 2.45) is 11.3 Å². The maximum absolute atomic E-state index is 13.5. The number of benzene rings is 2. The van der Waals surface area contributed by atoms with Crippen molar-refractivity contribution >= 4 is 34.9 Å². The van der Waals surface area contributed by atoms with Gasteiger partial charge in [0.2, 0.25) is 11.8 Å². The molecule has 1 aliphatic heterocycles. The fourth-order valence-corrected chi connectivity index (χ4v) is 5.07. The summed E-state index contributed by atoms with van der Waals surface area (Å²) in [5, 5.41) is 5.34. The van der Waals surface area contributed by atoms with Crippen LogP contribution in [0.25, 0.3) is 0 Å². The molecule has 1 aliphatic carbocycles. The van der Waals surface area contributed by atoms with Crippen LogP contribution in [0.2, 0.25) is 0 Å². The van der Waals surface area contributed by atoms with Crippen molar-refractivity contribution in [3.63, 3.8) is 0 Å². The molecule has 2 amide bonds. The topological polar surface area (TPSA) is 75.3 Å². The molecule has 4 rings (SSSR count). The summed E-state index contributed by atoms with van der Waals surface area (Å²) in [6.45, 7) is 3.78. The molecule has 1 saturated carbocycles. The second-order valence-electron chi connectivity index (χ2n) is 7.92. The third-order valence-corrected chi connectivity index (χ3v) is 6.50. The first-order chi connectivity index (χ1) is 13.9. The Balaban J connectivity index is 1.98. The normalized spacial score (nSPS) is 26.2. The van der Waals surface area contributed by atoms with Crippen LogP contribution in [0.3, 0.4) is 0 Å². The van der Waals surface area contributed by atoms with Gasteiger partial charge in [0.15, 0.2) is 5.11 Å². The Morgan fingerprint density at radius 1 is 0.897 bits per heavy atom. The highest BCUT2D eigenvalue weighted by atomic mass is 32.1. The largest absolute Gasteiger partial charge is 0.302 e. The molecule has 0 bridgehead atoms. The average Bonchev–Trinajstić information content (AvgIpc) is 2.69. The number of hydrogen-bond acceptors (Lipinski definition) is 4. The Morgan fingerprint density at radius 2 is 1.48 bits per heavy atom. The monoisotopic (exact) mass is 406 g/mol. The first kappa shape index (κ1) is 19.5. The van der Waals surface area contributed by atoms with Gasteiger partial charge in [-0.2, -0.15) is 0 Å². The van der Waals surface area contributed by atoms with E-state index in [0.717, 1.165) is 16.7 Å². The van der Waals surface area contributed by atoms with Gasteiger partial charge in [-0.15, -0.1) is 0 Å². The first-order valence-corrected chi connectivity index (χ1v) is 10.1. The molecule has 2 fully saturated rings. The Morgan fingerprint density at radius 3 is 2.07 bits per heavy atom. The maximum atomic E-state index is 13.5. The Kier molecular flexibility index (Phi) is 4.82. The van der Waals surface area contributed by atoms with Crippen LogP contribution in [-0.2, 0) is 14.4 Å². The molecule has 3 atom stereocenters. The molecule has 0 unspecified atom stereocenters. The average molecular weight is 407 g/mol. The van der Waals surface area contributed by atoms with Crippen molar-refractivity contribution in [3.05, 3.63) is 71.3 Å². The van der Waals surface area contributed by atoms with E-state index in [0.29, 0.717) is 0 Å². The minimum absolute atomic E-state index is 0.00430. The van der Waals surface area contributed by atoms with Crippen LogP contribution in [0.1, 0.15) is 41.9 Å². The van der Waals surface area contributed by atoms with E-state index in [4.69, 9.17) is 12.2 Å². The number of carbonyl (C=O) groups excluding carboxylic acids is 3. The van der Waals surface area contributed by atoms with E-state index in [1.54, 1.807) is 6.92 Å². The number of rotatable bonds is 2. The predicted octanol–water partition coefficient (Wildman–Crippen LogP) is 2.99. The summed E-state index contributed by atoms with van der Waals surface area (Å²) in [4.78, 5) is 40.1. The number of Topliss-reactive ketones (excluding diaryl/α,β-unsaturated/α-hetero) is 1. The summed E-state index contributed by atoms with van der Waals surface area (Å²) in [5.74, 6) is -2.50. The van der Waals surface area contributed by atoms with E-state index < -0.39 is 35.0 Å². The van der Waals surface area contributed by atoms with E-state index in [2.05, 4.69) is 10.6 Å². The number of amides is 2. The van der Waals surface area contributed by atoms with E-state index in [-0.39, 0.29) is 17.3 Å². The summed E-state index contributed by atoms with van der Waals surface area (Å²) >= 11 is 5.06. The van der Waals surface area contributed by atoms with Crippen LogP contribution in [0.4, 0.5) is 0 Å². The van der Waals surface area contributed by atoms with Gasteiger partial charge >= 0.3 is 0 Å². The van der Waals surface area contributed by atoms with Crippen molar-refractivity contribution in [3.8, 4) is 0 Å². The van der Waals surface area contributed by atoms with Crippen LogP contribution in [-0.4, -0.2) is 22.7 Å². The quantitative estimate of drug-likeness (QED) is 0.594. The molecule has 0 radical (unpaired) electrons. The zero-order chi connectivity index (χ0) is 20.8. The number of hydrogen-bond donors (Lipinski definition) is 2. The third-order valence-electron chi connectivity index (χ3n) is 6.30. The molecule has 6 heteroatoms. The lowest BCUT2D eigenvalue weighted by Crippen LogP contribution is -2.68. The van der Waals surface area contributed by atoms with Crippen molar-refractivity contribution < 1.29 is 14.4 Å². The van der Waals surface area contributed by atoms with Crippen LogP contribution in [0.5, 0.6) is 0 Å². The molecule has 1 saturated heterocycles. The second kappa shape index (κ2) is 7.19. The molecular weight excluding hydrogens is 384 g/mol. The number of thiocarbonyl (C=S) groups is 1. The van der Waals surface area contributed by atoms with Gasteiger partial charge in [-0.25, -0.2) is 0 Å². The molecule has 2 aromatic rings. The molecule has 2 aliphatic rings. The zero-order valence-electron chi connectivity index (χ0n) is 16.3. The van der Waals surface area contributed by atoms with Crippen LogP contribution in [0, 0.1) is 18.3 Å². The summed E-state index contributed by atoms with van der Waals surface area (Å²) in [5.41, 5.74) is 1.20. The fraction of sp³-hybridized carbons (Fsp3) is 0.304. The summed E-state index contributed by atoms with van der Waals surface area (Å²) in [6, 6.07) is 17.0. The van der Waals surface area contributed by atoms with Crippen LogP contribution >= 0.6 is 12.2 Å². The molecular formula is C23H22N2O3S. The molecule has 0 aromatic heterocycles. The van der Waals surface area contributed by atoms with Gasteiger partial charge in [-0.1, -0.05) is 67.1 Å². The maximum Gasteiger partial charge on any atom is 0.243 e. The van der Waals surface area contributed by atoms with Gasteiger partial charge in [0.05, 0.1) is 0 Å². The summed E-state index contributed by atoms with van der Waals surface area (Å²) in [6.07, 6.45) is 0.126. The molecule has 5 nitrogen and oxygen atoms in total. The lowest BCUT2D eigenvalue weighted by Gasteiger charge is -2.50. The van der Waals surface area contributed by atoms with Crippen molar-refractivity contribution in [1.82, 2.24) is 10.6 Å². The van der Waals surface area contributed by atoms with Gasteiger partial charge in [-0.3, -0.25) is 14.4 Å². The van der Waals surface area contributed by atoms with Crippen molar-refractivity contribution in [1.29, 1.82) is 0 Å². The fourth-order valence-electron chi connectivity index (χ4n) is 4.88. The minimum Gasteiger partial charge on any atom is -0.302 e. The van der Waals surface area contributed by atoms with Crippen molar-refractivity contribution in [2.75, 3.05) is 0 Å². The van der Waals surface area contributed by atoms with Crippen LogP contribution < -0.4 is 10.6 Å². The Hall–Kier alpha value is -2.86. The van der Waals surface area contributed by atoms with E-state index in [1.165, 1.54) is 0 Å². The highest BCUT2D eigenvalue weighted by Gasteiger charge is 2.64. The number of aryl methyl sites for hydroxylation is 1. The van der Waals surface area contributed by atoms with Gasteiger partial charge in [-0.05, 0) is 30.3 Å². The predicted molar refractivity (Wildman–Crippen MR) is 113 cm³/mol. The highest BCUT2D eigenvalue weighted by Crippen LogP contribution is 2.57. The molecule has 1 heterocycles. The van der Waals surface area contributed by atoms with Gasteiger partial charge in [0.1, 0.15) is 11.2 Å². The van der Waals surface area contributed by atoms with Gasteiger partial charge < -0.3 is 10.6 Å². The summed E-state index contributed by atoms with van der Waals surface area (Å²) < 4.78 is 0. The first-order valence-electron chi connectivity index (χ1n) is 9.66. The standard InChI is InChI=1S/C23H22N2O3S/c1-13-8-10-15(11-9-13)17-12-18(26)14(2)19(16-6-4-3-5-7-16)23(17)20(27)24-22(29)25-21(23)28/h3-11,14,17,19H,12H2,1-2H3,(H2,24,25,27,28,29)/t14-,17+,19-/m0/s1. The second-order valence-corrected chi connectivity index (χ2v) is 8.33. The Bertz CT molecular complexity index is 981. The van der Waals surface area contributed by atoms with Gasteiger partial charge in [0.25, 0.3) is 0 Å². The Labute approximate surface area is 174 Å². The lowest BCUT2D eigenvalue weighted by atomic mass is 9.51. The molecule has 2 N–H and O–H groups in total. The minimum atomic E-state index is -1.47. The highest BCUT2D eigenvalue weighted by molar-refractivity contribution is 7.80. The van der Waals surface area contributed by atoms with Gasteiger partial charge in [0, 0.05) is 24.2 Å². The number of ketones is 1. The third kappa shape index (κ3) is 2.99. The lowest BCUT2D eigenvalue weighted by molar-refractivity contribution is -0.153.